The van der Waals surface area contributed by atoms with Crippen LogP contribution in [-0.4, -0.2) is 55.8 Å². The second-order valence-corrected chi connectivity index (χ2v) is 7.13. The Morgan fingerprint density at radius 1 is 0.700 bits per heavy atom. The van der Waals surface area contributed by atoms with Crippen molar-refractivity contribution in [2.45, 2.75) is 87.3 Å². The summed E-state index contributed by atoms with van der Waals surface area (Å²) in [6.45, 7) is 1.32. The maximum atomic E-state index is 13.5. The highest BCUT2D eigenvalue weighted by molar-refractivity contribution is 5.06. The van der Waals surface area contributed by atoms with Crippen molar-refractivity contribution < 1.29 is 57.8 Å². The van der Waals surface area contributed by atoms with Crippen LogP contribution in [0.25, 0.3) is 0 Å². The number of unbranched alkanes of at least 4 members (excludes halogenated alkanes) is 3. The molecule has 1 fully saturated rings. The average Bonchev–Trinajstić information content (AvgIpc) is 3.12. The van der Waals surface area contributed by atoms with E-state index in [2.05, 4.69) is 0 Å². The molecule has 1 unspecified atom stereocenters. The second kappa shape index (κ2) is 10.2. The molecule has 0 amide bonds. The zero-order valence-electron chi connectivity index (χ0n) is 15.8. The molecular weight excluding hydrogens is 445 g/mol. The minimum Gasteiger partial charge on any atom is -0.381 e. The molecule has 1 aliphatic rings. The summed E-state index contributed by atoms with van der Waals surface area (Å²) in [6, 6.07) is 0. The lowest BCUT2D eigenvalue weighted by atomic mass is 9.94. The first-order chi connectivity index (χ1) is 13.6. The molecule has 0 aromatic heterocycles. The Balaban J connectivity index is 2.38. The highest BCUT2D eigenvalue weighted by atomic mass is 19.4. The number of ether oxygens (including phenoxy) is 2. The van der Waals surface area contributed by atoms with Crippen LogP contribution in [0.3, 0.4) is 0 Å². The summed E-state index contributed by atoms with van der Waals surface area (Å²) in [4.78, 5) is 0. The van der Waals surface area contributed by atoms with Crippen molar-refractivity contribution in [3.63, 3.8) is 0 Å². The quantitative estimate of drug-likeness (QED) is 0.223. The molecule has 0 radical (unpaired) electrons. The summed E-state index contributed by atoms with van der Waals surface area (Å²) in [5, 5.41) is 0. The molecule has 2 nitrogen and oxygen atoms in total. The number of rotatable bonds is 13. The van der Waals surface area contributed by atoms with Gasteiger partial charge in [0.2, 0.25) is 0 Å². The van der Waals surface area contributed by atoms with Crippen LogP contribution in [0.15, 0.2) is 0 Å². The first-order valence-electron chi connectivity index (χ1n) is 9.35. The van der Waals surface area contributed by atoms with E-state index in [9.17, 15) is 48.3 Å². The second-order valence-electron chi connectivity index (χ2n) is 7.13. The standard InChI is InChI=1S/C17H23F11O2/c18-13(19,14(20,21)15(22,23)16(24,25)17(26,27)28)8-3-1-2-4-9-29-11-7-12-6-5-10-30-12/h12H,1-11H2. The molecule has 0 spiro atoms. The highest BCUT2D eigenvalue weighted by Gasteiger charge is 2.86. The first-order valence-corrected chi connectivity index (χ1v) is 9.35. The van der Waals surface area contributed by atoms with Gasteiger partial charge in [-0.3, -0.25) is 0 Å². The maximum Gasteiger partial charge on any atom is 0.460 e. The zero-order valence-corrected chi connectivity index (χ0v) is 15.8. The van der Waals surface area contributed by atoms with Crippen molar-refractivity contribution in [3.05, 3.63) is 0 Å². The van der Waals surface area contributed by atoms with Crippen molar-refractivity contribution in [3.8, 4) is 0 Å². The van der Waals surface area contributed by atoms with Gasteiger partial charge in [-0.15, -0.1) is 0 Å². The third kappa shape index (κ3) is 6.10. The van der Waals surface area contributed by atoms with Crippen LogP contribution >= 0.6 is 0 Å². The Labute approximate surface area is 166 Å². The molecule has 30 heavy (non-hydrogen) atoms. The Bertz CT molecular complexity index is 514. The van der Waals surface area contributed by atoms with Crippen LogP contribution in [0.5, 0.6) is 0 Å². The fraction of sp³-hybridized carbons (Fsp3) is 1.00. The summed E-state index contributed by atoms with van der Waals surface area (Å²) < 4.78 is 152. The van der Waals surface area contributed by atoms with E-state index in [0.29, 0.717) is 26.1 Å². The van der Waals surface area contributed by atoms with E-state index in [0.717, 1.165) is 12.8 Å². The molecule has 1 saturated heterocycles. The Hall–Kier alpha value is -0.850. The van der Waals surface area contributed by atoms with Crippen LogP contribution in [0, 0.1) is 0 Å². The van der Waals surface area contributed by atoms with Crippen LogP contribution in [0.1, 0.15) is 51.4 Å². The third-order valence-electron chi connectivity index (χ3n) is 4.74. The maximum absolute atomic E-state index is 13.5. The Morgan fingerprint density at radius 2 is 1.30 bits per heavy atom. The van der Waals surface area contributed by atoms with E-state index in [1.54, 1.807) is 0 Å². The molecule has 1 atom stereocenters. The minimum absolute atomic E-state index is 0.122. The number of halogens is 11. The van der Waals surface area contributed by atoms with Crippen LogP contribution in [-0.2, 0) is 9.47 Å². The van der Waals surface area contributed by atoms with Gasteiger partial charge < -0.3 is 9.47 Å². The number of hydrogen-bond donors (Lipinski definition) is 0. The van der Waals surface area contributed by atoms with Gasteiger partial charge in [0.1, 0.15) is 0 Å². The largest absolute Gasteiger partial charge is 0.460 e. The van der Waals surface area contributed by atoms with Crippen LogP contribution < -0.4 is 0 Å². The summed E-state index contributed by atoms with van der Waals surface area (Å²) in [5.74, 6) is -27.3. The van der Waals surface area contributed by atoms with E-state index < -0.39 is 42.7 Å². The molecule has 0 bridgehead atoms. The van der Waals surface area contributed by atoms with Gasteiger partial charge in [-0.25, -0.2) is 0 Å². The summed E-state index contributed by atoms with van der Waals surface area (Å²) in [5.41, 5.74) is 0. The minimum atomic E-state index is -7.33. The fourth-order valence-corrected chi connectivity index (χ4v) is 2.86. The van der Waals surface area contributed by atoms with Gasteiger partial charge in [0.05, 0.1) is 6.10 Å². The molecule has 0 aromatic rings. The van der Waals surface area contributed by atoms with Crippen molar-refractivity contribution in [1.29, 1.82) is 0 Å². The molecule has 1 heterocycles. The molecule has 0 N–H and O–H groups in total. The topological polar surface area (TPSA) is 18.5 Å². The van der Waals surface area contributed by atoms with Crippen molar-refractivity contribution in [2.24, 2.45) is 0 Å². The molecule has 0 aromatic carbocycles. The lowest BCUT2D eigenvalue weighted by molar-refractivity contribution is -0.422. The molecule has 0 saturated carbocycles. The molecule has 1 aliphatic heterocycles. The van der Waals surface area contributed by atoms with Crippen molar-refractivity contribution >= 4 is 0 Å². The van der Waals surface area contributed by atoms with Gasteiger partial charge in [0.15, 0.2) is 0 Å². The summed E-state index contributed by atoms with van der Waals surface area (Å²) in [6.07, 6.45) is -6.79. The molecular formula is C17H23F11O2. The number of hydrogen-bond acceptors (Lipinski definition) is 2. The molecule has 0 aliphatic carbocycles. The molecule has 13 heteroatoms. The van der Waals surface area contributed by atoms with E-state index in [1.165, 1.54) is 0 Å². The van der Waals surface area contributed by atoms with Gasteiger partial charge in [-0.1, -0.05) is 12.8 Å². The van der Waals surface area contributed by atoms with E-state index >= 15 is 0 Å². The van der Waals surface area contributed by atoms with Gasteiger partial charge in [-0.05, 0) is 32.1 Å². The summed E-state index contributed by atoms with van der Waals surface area (Å²) in [7, 11) is 0. The van der Waals surface area contributed by atoms with Gasteiger partial charge in [-0.2, -0.15) is 48.3 Å². The van der Waals surface area contributed by atoms with E-state index in [4.69, 9.17) is 9.47 Å². The van der Waals surface area contributed by atoms with Crippen LogP contribution in [0.4, 0.5) is 48.3 Å². The smallest absolute Gasteiger partial charge is 0.381 e. The van der Waals surface area contributed by atoms with Gasteiger partial charge in [0, 0.05) is 26.2 Å². The summed E-state index contributed by atoms with van der Waals surface area (Å²) >= 11 is 0. The monoisotopic (exact) mass is 468 g/mol. The Morgan fingerprint density at radius 3 is 1.83 bits per heavy atom. The normalized spacial score (nSPS) is 19.5. The Kier molecular flexibility index (Phi) is 9.22. The number of alkyl halides is 11. The predicted octanol–water partition coefficient (Wildman–Crippen LogP) is 6.63. The zero-order chi connectivity index (χ0) is 23.3. The van der Waals surface area contributed by atoms with E-state index in [1.807, 2.05) is 0 Å². The van der Waals surface area contributed by atoms with Crippen molar-refractivity contribution in [1.82, 2.24) is 0 Å². The van der Waals surface area contributed by atoms with E-state index in [-0.39, 0.29) is 25.6 Å². The fourth-order valence-electron chi connectivity index (χ4n) is 2.86. The van der Waals surface area contributed by atoms with Gasteiger partial charge >= 0.3 is 29.9 Å². The lowest BCUT2D eigenvalue weighted by Gasteiger charge is -2.37. The molecule has 180 valence electrons. The SMILES string of the molecule is FC(F)(F)C(F)(F)C(F)(F)C(F)(F)C(F)(F)CCCCCCOCCC1CCCO1. The van der Waals surface area contributed by atoms with Gasteiger partial charge in [0.25, 0.3) is 0 Å². The van der Waals surface area contributed by atoms with Crippen LogP contribution in [0.2, 0.25) is 0 Å². The highest BCUT2D eigenvalue weighted by Crippen LogP contribution is 2.58. The lowest BCUT2D eigenvalue weighted by Crippen LogP contribution is -2.66. The molecule has 1 rings (SSSR count). The first kappa shape index (κ1) is 27.2. The predicted molar refractivity (Wildman–Crippen MR) is 83.3 cm³/mol. The van der Waals surface area contributed by atoms with Crippen molar-refractivity contribution in [2.75, 3.05) is 19.8 Å². The third-order valence-corrected chi connectivity index (χ3v) is 4.74. The average molecular weight is 468 g/mol.